The van der Waals surface area contributed by atoms with Gasteiger partial charge in [0.2, 0.25) is 0 Å². The molecule has 4 aromatic rings. The summed E-state index contributed by atoms with van der Waals surface area (Å²) in [4.78, 5) is 22.3. The van der Waals surface area contributed by atoms with E-state index in [0.717, 1.165) is 34.6 Å². The second-order valence-corrected chi connectivity index (χ2v) is 8.30. The molecule has 0 spiro atoms. The molecule has 0 bridgehead atoms. The molecule has 0 radical (unpaired) electrons. The first-order valence-corrected chi connectivity index (χ1v) is 10.3. The van der Waals surface area contributed by atoms with Gasteiger partial charge in [-0.25, -0.2) is 14.5 Å². The normalized spacial score (nSPS) is 16.4. The first-order valence-electron chi connectivity index (χ1n) is 9.47. The lowest BCUT2D eigenvalue weighted by atomic mass is 9.86. The summed E-state index contributed by atoms with van der Waals surface area (Å²) >= 11 is 1.76. The highest BCUT2D eigenvalue weighted by molar-refractivity contribution is 7.19. The lowest BCUT2D eigenvalue weighted by Crippen LogP contribution is -2.11. The standard InChI is InChI=1S/C18H19N7O3S/c1-3-10-4-5-11-13(6-10)29-18-15(11)16-20-14(21-24(16)9-19-18)8-23-7-12(25(26)27)17(22-23)28-2/h7,9-10H,3-6,8H2,1-2H3/t10-/m0/s1. The van der Waals surface area contributed by atoms with E-state index in [4.69, 9.17) is 9.72 Å². The van der Waals surface area contributed by atoms with Gasteiger partial charge in [0.05, 0.1) is 17.4 Å². The topological polar surface area (TPSA) is 113 Å². The predicted molar refractivity (Wildman–Crippen MR) is 107 cm³/mol. The zero-order chi connectivity index (χ0) is 20.1. The molecule has 29 heavy (non-hydrogen) atoms. The van der Waals surface area contributed by atoms with Crippen LogP contribution in [0.15, 0.2) is 12.5 Å². The minimum Gasteiger partial charge on any atom is -0.475 e. The van der Waals surface area contributed by atoms with Crippen LogP contribution in [0, 0.1) is 16.0 Å². The molecule has 1 aliphatic carbocycles. The van der Waals surface area contributed by atoms with Crippen LogP contribution in [0.4, 0.5) is 5.69 Å². The van der Waals surface area contributed by atoms with Crippen LogP contribution < -0.4 is 4.74 Å². The van der Waals surface area contributed by atoms with Crippen molar-refractivity contribution in [3.63, 3.8) is 0 Å². The van der Waals surface area contributed by atoms with Gasteiger partial charge in [0.15, 0.2) is 11.5 Å². The summed E-state index contributed by atoms with van der Waals surface area (Å²) in [6.45, 7) is 2.45. The molecule has 0 aliphatic heterocycles. The van der Waals surface area contributed by atoms with Gasteiger partial charge in [0.25, 0.3) is 0 Å². The number of rotatable bonds is 5. The van der Waals surface area contributed by atoms with Crippen molar-refractivity contribution in [1.29, 1.82) is 0 Å². The highest BCUT2D eigenvalue weighted by atomic mass is 32.1. The van der Waals surface area contributed by atoms with Gasteiger partial charge < -0.3 is 4.74 Å². The maximum absolute atomic E-state index is 11.1. The van der Waals surface area contributed by atoms with Gasteiger partial charge in [-0.2, -0.15) is 0 Å². The molecule has 4 heterocycles. The SMILES string of the molecule is CC[C@H]1CCc2c(sc3ncn4nc(Cn5cc([N+](=O)[O-])c(OC)n5)nc4c23)C1. The number of hydrogen-bond acceptors (Lipinski definition) is 8. The van der Waals surface area contributed by atoms with Crippen LogP contribution in [0.3, 0.4) is 0 Å². The Morgan fingerprint density at radius 3 is 3.00 bits per heavy atom. The van der Waals surface area contributed by atoms with Gasteiger partial charge in [-0.05, 0) is 30.7 Å². The van der Waals surface area contributed by atoms with E-state index in [2.05, 4.69) is 22.1 Å². The molecule has 0 N–H and O–H groups in total. The molecule has 10 nitrogen and oxygen atoms in total. The quantitative estimate of drug-likeness (QED) is 0.365. The van der Waals surface area contributed by atoms with Gasteiger partial charge in [-0.1, -0.05) is 13.3 Å². The summed E-state index contributed by atoms with van der Waals surface area (Å²) in [5.41, 5.74) is 1.95. The van der Waals surface area contributed by atoms with Crippen molar-refractivity contribution in [3.8, 4) is 5.88 Å². The molecular formula is C18H19N7O3S. The lowest BCUT2D eigenvalue weighted by molar-refractivity contribution is -0.385. The van der Waals surface area contributed by atoms with Crippen molar-refractivity contribution < 1.29 is 9.66 Å². The van der Waals surface area contributed by atoms with Crippen molar-refractivity contribution in [2.24, 2.45) is 5.92 Å². The summed E-state index contributed by atoms with van der Waals surface area (Å²) in [5.74, 6) is 1.23. The Kier molecular flexibility index (Phi) is 4.19. The van der Waals surface area contributed by atoms with Crippen molar-refractivity contribution in [3.05, 3.63) is 38.9 Å². The van der Waals surface area contributed by atoms with E-state index in [0.29, 0.717) is 5.82 Å². The van der Waals surface area contributed by atoms with E-state index >= 15 is 0 Å². The Morgan fingerprint density at radius 2 is 2.28 bits per heavy atom. The highest BCUT2D eigenvalue weighted by Gasteiger charge is 2.25. The van der Waals surface area contributed by atoms with E-state index in [1.54, 1.807) is 22.2 Å². The van der Waals surface area contributed by atoms with Gasteiger partial charge in [-0.3, -0.25) is 14.8 Å². The maximum atomic E-state index is 11.1. The monoisotopic (exact) mass is 413 g/mol. The summed E-state index contributed by atoms with van der Waals surface area (Å²) < 4.78 is 8.09. The van der Waals surface area contributed by atoms with Crippen LogP contribution >= 0.6 is 11.3 Å². The summed E-state index contributed by atoms with van der Waals surface area (Å²) in [6, 6.07) is 0. The molecule has 1 aliphatic rings. The zero-order valence-electron chi connectivity index (χ0n) is 16.0. The van der Waals surface area contributed by atoms with Crippen molar-refractivity contribution in [2.75, 3.05) is 7.11 Å². The fraction of sp³-hybridized carbons (Fsp3) is 0.444. The predicted octanol–water partition coefficient (Wildman–Crippen LogP) is 3.02. The first kappa shape index (κ1) is 18.0. The van der Waals surface area contributed by atoms with E-state index in [1.165, 1.54) is 41.3 Å². The molecule has 0 saturated carbocycles. The molecule has 11 heteroatoms. The Balaban J connectivity index is 1.55. The van der Waals surface area contributed by atoms with Crippen molar-refractivity contribution in [1.82, 2.24) is 29.4 Å². The molecule has 1 atom stereocenters. The average Bonchev–Trinajstić information content (AvgIpc) is 3.40. The van der Waals surface area contributed by atoms with E-state index in [1.807, 2.05) is 0 Å². The fourth-order valence-corrected chi connectivity index (χ4v) is 5.29. The number of methoxy groups -OCH3 is 1. The molecule has 0 saturated heterocycles. The van der Waals surface area contributed by atoms with Crippen LogP contribution in [0.2, 0.25) is 0 Å². The molecule has 150 valence electrons. The minimum atomic E-state index is -0.520. The molecule has 5 rings (SSSR count). The first-order chi connectivity index (χ1) is 14.1. The number of ether oxygens (including phenoxy) is 1. The zero-order valence-corrected chi connectivity index (χ0v) is 16.8. The lowest BCUT2D eigenvalue weighted by Gasteiger charge is -2.20. The van der Waals surface area contributed by atoms with Crippen LogP contribution in [0.5, 0.6) is 5.88 Å². The number of thiophene rings is 1. The maximum Gasteiger partial charge on any atom is 0.350 e. The van der Waals surface area contributed by atoms with Gasteiger partial charge in [0, 0.05) is 4.88 Å². The number of nitro groups is 1. The van der Waals surface area contributed by atoms with Gasteiger partial charge >= 0.3 is 11.6 Å². The second-order valence-electron chi connectivity index (χ2n) is 7.22. The second kappa shape index (κ2) is 6.76. The molecular weight excluding hydrogens is 394 g/mol. The number of aryl methyl sites for hydroxylation is 1. The van der Waals surface area contributed by atoms with Crippen molar-refractivity contribution >= 4 is 32.9 Å². The Labute approximate surface area is 169 Å². The Bertz CT molecular complexity index is 1240. The third kappa shape index (κ3) is 2.92. The molecule has 4 aromatic heterocycles. The summed E-state index contributed by atoms with van der Waals surface area (Å²) in [6.07, 6.45) is 7.55. The summed E-state index contributed by atoms with van der Waals surface area (Å²) in [5, 5.41) is 20.8. The highest BCUT2D eigenvalue weighted by Crippen LogP contribution is 2.39. The van der Waals surface area contributed by atoms with Crippen LogP contribution in [-0.4, -0.2) is 41.4 Å². The molecule has 0 amide bonds. The fourth-order valence-electron chi connectivity index (χ4n) is 3.99. The summed E-state index contributed by atoms with van der Waals surface area (Å²) in [7, 11) is 1.36. The number of fused-ring (bicyclic) bond motifs is 5. The van der Waals surface area contributed by atoms with E-state index in [9.17, 15) is 10.1 Å². The van der Waals surface area contributed by atoms with E-state index < -0.39 is 4.92 Å². The van der Waals surface area contributed by atoms with Crippen LogP contribution in [0.25, 0.3) is 15.9 Å². The number of hydrogen-bond donors (Lipinski definition) is 0. The number of aromatic nitrogens is 6. The van der Waals surface area contributed by atoms with Gasteiger partial charge in [0.1, 0.15) is 23.9 Å². The Morgan fingerprint density at radius 1 is 1.41 bits per heavy atom. The van der Waals surface area contributed by atoms with E-state index in [-0.39, 0.29) is 18.1 Å². The Hall–Kier alpha value is -3.08. The third-order valence-electron chi connectivity index (χ3n) is 5.51. The third-order valence-corrected chi connectivity index (χ3v) is 6.67. The minimum absolute atomic E-state index is 0.0276. The number of nitrogens with zero attached hydrogens (tertiary/aromatic N) is 7. The average molecular weight is 413 g/mol. The van der Waals surface area contributed by atoms with Crippen LogP contribution in [-0.2, 0) is 19.4 Å². The van der Waals surface area contributed by atoms with Crippen molar-refractivity contribution in [2.45, 2.75) is 39.2 Å². The van der Waals surface area contributed by atoms with Gasteiger partial charge in [-0.15, -0.1) is 21.5 Å². The molecule has 0 unspecified atom stereocenters. The largest absolute Gasteiger partial charge is 0.475 e. The molecule has 0 fully saturated rings. The smallest absolute Gasteiger partial charge is 0.350 e. The van der Waals surface area contributed by atoms with Crippen LogP contribution in [0.1, 0.15) is 36.0 Å². The molecule has 0 aromatic carbocycles.